The van der Waals surface area contributed by atoms with E-state index in [9.17, 15) is 8.78 Å². The monoisotopic (exact) mass is 359 g/mol. The van der Waals surface area contributed by atoms with Crippen LogP contribution in [0.25, 0.3) is 11.3 Å². The number of hydrogen-bond donors (Lipinski definition) is 1. The minimum absolute atomic E-state index is 0.291. The zero-order valence-electron chi connectivity index (χ0n) is 13.6. The predicted octanol–water partition coefficient (Wildman–Crippen LogP) is 4.85. The van der Waals surface area contributed by atoms with Gasteiger partial charge >= 0.3 is 0 Å². The number of rotatable bonds is 5. The summed E-state index contributed by atoms with van der Waals surface area (Å²) in [5, 5.41) is 4.59. The van der Waals surface area contributed by atoms with Crippen molar-refractivity contribution in [2.75, 3.05) is 12.5 Å². The van der Waals surface area contributed by atoms with E-state index in [-0.39, 0.29) is 5.82 Å². The summed E-state index contributed by atoms with van der Waals surface area (Å²) in [7, 11) is 1.48. The summed E-state index contributed by atoms with van der Waals surface area (Å²) in [6.45, 7) is 1.92. The quantitative estimate of drug-likeness (QED) is 0.523. The van der Waals surface area contributed by atoms with Gasteiger partial charge in [-0.25, -0.2) is 13.8 Å². The van der Waals surface area contributed by atoms with Crippen LogP contribution in [0.5, 0.6) is 5.75 Å². The van der Waals surface area contributed by atoms with Crippen molar-refractivity contribution in [2.45, 2.75) is 6.92 Å². The molecule has 0 aliphatic carbocycles. The number of benzene rings is 2. The fourth-order valence-corrected chi connectivity index (χ4v) is 3.00. The molecule has 7 heteroatoms. The van der Waals surface area contributed by atoms with E-state index < -0.39 is 5.82 Å². The molecule has 3 aromatic rings. The highest BCUT2D eigenvalue weighted by molar-refractivity contribution is 7.15. The topological polar surface area (TPSA) is 46.5 Å². The van der Waals surface area contributed by atoms with Crippen LogP contribution < -0.4 is 10.2 Å². The molecule has 2 aromatic carbocycles. The van der Waals surface area contributed by atoms with Gasteiger partial charge in [0, 0.05) is 22.1 Å². The number of ether oxygens (including phenoxy) is 1. The molecule has 1 N–H and O–H groups in total. The Morgan fingerprint density at radius 3 is 2.60 bits per heavy atom. The Kier molecular flexibility index (Phi) is 5.04. The molecule has 25 heavy (non-hydrogen) atoms. The van der Waals surface area contributed by atoms with Crippen LogP contribution in [0.15, 0.2) is 47.6 Å². The van der Waals surface area contributed by atoms with E-state index in [1.165, 1.54) is 42.9 Å². The van der Waals surface area contributed by atoms with Crippen LogP contribution in [0, 0.1) is 18.6 Å². The fraction of sp³-hybridized carbons (Fsp3) is 0.111. The molecule has 0 saturated carbocycles. The Morgan fingerprint density at radius 2 is 1.92 bits per heavy atom. The van der Waals surface area contributed by atoms with Gasteiger partial charge in [-0.2, -0.15) is 5.10 Å². The van der Waals surface area contributed by atoms with E-state index in [4.69, 9.17) is 4.74 Å². The van der Waals surface area contributed by atoms with E-state index in [2.05, 4.69) is 15.5 Å². The van der Waals surface area contributed by atoms with Gasteiger partial charge in [0.25, 0.3) is 0 Å². The molecule has 0 radical (unpaired) electrons. The second-order valence-corrected chi connectivity index (χ2v) is 6.39. The highest BCUT2D eigenvalue weighted by Crippen LogP contribution is 2.30. The number of anilines is 1. The Bertz CT molecular complexity index is 907. The normalized spacial score (nSPS) is 11.0. The van der Waals surface area contributed by atoms with Gasteiger partial charge in [0.15, 0.2) is 0 Å². The Morgan fingerprint density at radius 1 is 1.16 bits per heavy atom. The van der Waals surface area contributed by atoms with Crippen molar-refractivity contribution >= 4 is 22.7 Å². The van der Waals surface area contributed by atoms with Crippen LogP contribution in [0.4, 0.5) is 13.9 Å². The molecule has 1 heterocycles. The summed E-state index contributed by atoms with van der Waals surface area (Å²) in [6, 6.07) is 10.7. The molecule has 3 rings (SSSR count). The predicted molar refractivity (Wildman–Crippen MR) is 96.4 cm³/mol. The van der Waals surface area contributed by atoms with Crippen molar-refractivity contribution in [2.24, 2.45) is 5.10 Å². The smallest absolute Gasteiger partial charge is 0.204 e. The van der Waals surface area contributed by atoms with E-state index in [1.807, 2.05) is 6.92 Å². The molecule has 0 unspecified atom stereocenters. The zero-order chi connectivity index (χ0) is 17.8. The number of methoxy groups -OCH3 is 1. The van der Waals surface area contributed by atoms with Crippen molar-refractivity contribution < 1.29 is 13.5 Å². The lowest BCUT2D eigenvalue weighted by Crippen LogP contribution is -1.94. The van der Waals surface area contributed by atoms with Gasteiger partial charge in [0.2, 0.25) is 5.13 Å². The first-order valence-corrected chi connectivity index (χ1v) is 8.24. The number of hydrazone groups is 1. The number of thiazole rings is 1. The summed E-state index contributed by atoms with van der Waals surface area (Å²) < 4.78 is 31.8. The second kappa shape index (κ2) is 7.40. The lowest BCUT2D eigenvalue weighted by atomic mass is 10.1. The van der Waals surface area contributed by atoms with E-state index in [0.717, 1.165) is 16.1 Å². The number of hydrogen-bond acceptors (Lipinski definition) is 5. The third-order valence-electron chi connectivity index (χ3n) is 3.49. The molecule has 0 spiro atoms. The molecule has 128 valence electrons. The van der Waals surface area contributed by atoms with Crippen LogP contribution in [-0.4, -0.2) is 18.3 Å². The largest absolute Gasteiger partial charge is 0.497 e. The fourth-order valence-electron chi connectivity index (χ4n) is 2.22. The average molecular weight is 359 g/mol. The summed E-state index contributed by atoms with van der Waals surface area (Å²) >= 11 is 1.42. The average Bonchev–Trinajstić information content (AvgIpc) is 2.97. The molecular weight excluding hydrogens is 344 g/mol. The zero-order valence-corrected chi connectivity index (χ0v) is 14.4. The third kappa shape index (κ3) is 4.00. The first kappa shape index (κ1) is 17.0. The summed E-state index contributed by atoms with van der Waals surface area (Å²) in [5.74, 6) is -0.268. The molecule has 0 amide bonds. The number of nitrogens with one attached hydrogen (secondary N) is 1. The minimum atomic E-state index is -0.424. The Hall–Kier alpha value is -2.80. The van der Waals surface area contributed by atoms with E-state index in [0.29, 0.717) is 16.4 Å². The van der Waals surface area contributed by atoms with Gasteiger partial charge in [-0.15, -0.1) is 11.3 Å². The van der Waals surface area contributed by atoms with E-state index >= 15 is 0 Å². The maximum atomic E-state index is 13.8. The molecule has 0 bridgehead atoms. The van der Waals surface area contributed by atoms with E-state index in [1.54, 1.807) is 24.3 Å². The number of nitrogens with zero attached hydrogens (tertiary/aromatic N) is 2. The molecule has 1 aromatic heterocycles. The molecular formula is C18H15F2N3OS. The van der Waals surface area contributed by atoms with Gasteiger partial charge in [-0.05, 0) is 43.3 Å². The van der Waals surface area contributed by atoms with Crippen LogP contribution >= 0.6 is 11.3 Å². The van der Waals surface area contributed by atoms with Crippen molar-refractivity contribution in [3.05, 3.63) is 64.5 Å². The van der Waals surface area contributed by atoms with Gasteiger partial charge in [0.1, 0.15) is 17.4 Å². The summed E-state index contributed by atoms with van der Waals surface area (Å²) in [5.41, 5.74) is 4.72. The molecule has 0 aliphatic rings. The van der Waals surface area contributed by atoms with Crippen molar-refractivity contribution in [1.29, 1.82) is 0 Å². The summed E-state index contributed by atoms with van der Waals surface area (Å²) in [6.07, 6.45) is 1.38. The third-order valence-corrected chi connectivity index (χ3v) is 4.36. The van der Waals surface area contributed by atoms with Crippen molar-refractivity contribution in [3.63, 3.8) is 0 Å². The maximum Gasteiger partial charge on any atom is 0.204 e. The van der Waals surface area contributed by atoms with Crippen LogP contribution in [0.2, 0.25) is 0 Å². The molecule has 0 aliphatic heterocycles. The Balaban J connectivity index is 1.74. The van der Waals surface area contributed by atoms with Crippen LogP contribution in [0.3, 0.4) is 0 Å². The maximum absolute atomic E-state index is 13.8. The highest BCUT2D eigenvalue weighted by Gasteiger charge is 2.09. The number of aromatic nitrogens is 1. The standard InChI is InChI=1S/C18H15F2N3OS/c1-11-17(12-3-6-14(19)7-4-12)22-18(25-11)23-21-10-13-5-8-15(24-2)9-16(13)20/h3-10H,1-2H3,(H,22,23). The summed E-state index contributed by atoms with van der Waals surface area (Å²) in [4.78, 5) is 5.42. The van der Waals surface area contributed by atoms with Crippen molar-refractivity contribution in [1.82, 2.24) is 4.98 Å². The second-order valence-electron chi connectivity index (χ2n) is 5.19. The minimum Gasteiger partial charge on any atom is -0.497 e. The van der Waals surface area contributed by atoms with Crippen molar-refractivity contribution in [3.8, 4) is 17.0 Å². The molecule has 0 fully saturated rings. The Labute approximate surface area is 147 Å². The number of aryl methyl sites for hydroxylation is 1. The number of halogens is 2. The van der Waals surface area contributed by atoms with Gasteiger partial charge in [-0.1, -0.05) is 0 Å². The van der Waals surface area contributed by atoms with Gasteiger partial charge in [-0.3, -0.25) is 5.43 Å². The van der Waals surface area contributed by atoms with Crippen LogP contribution in [-0.2, 0) is 0 Å². The molecule has 4 nitrogen and oxygen atoms in total. The van der Waals surface area contributed by atoms with Gasteiger partial charge < -0.3 is 4.74 Å². The lowest BCUT2D eigenvalue weighted by molar-refractivity contribution is 0.411. The first-order valence-electron chi connectivity index (χ1n) is 7.43. The highest BCUT2D eigenvalue weighted by atomic mass is 32.1. The SMILES string of the molecule is COc1ccc(C=NNc2nc(-c3ccc(F)cc3)c(C)s2)c(F)c1. The molecule has 0 saturated heterocycles. The van der Waals surface area contributed by atoms with Gasteiger partial charge in [0.05, 0.1) is 19.0 Å². The first-order chi connectivity index (χ1) is 12.1. The molecule has 0 atom stereocenters. The van der Waals surface area contributed by atoms with Crippen LogP contribution in [0.1, 0.15) is 10.4 Å². The lowest BCUT2D eigenvalue weighted by Gasteiger charge is -2.01.